The minimum atomic E-state index is -3.05. The van der Waals surface area contributed by atoms with Gasteiger partial charge in [0.1, 0.15) is 27.3 Å². The maximum atomic E-state index is 14.7. The number of nitrogens with zero attached hydrogens (tertiary/aromatic N) is 3. The molecule has 1 N–H and O–H groups in total. The summed E-state index contributed by atoms with van der Waals surface area (Å²) in [5.74, 6) is 0.297. The normalized spacial score (nSPS) is 17.1. The third-order valence-electron chi connectivity index (χ3n) is 6.09. The molecule has 0 aliphatic carbocycles. The number of aromatic nitrogens is 3. The molecule has 1 unspecified atom stereocenters. The highest BCUT2D eigenvalue weighted by Gasteiger charge is 2.28. The summed E-state index contributed by atoms with van der Waals surface area (Å²) in [6, 6.07) is 5.05. The summed E-state index contributed by atoms with van der Waals surface area (Å²) in [5, 5.41) is 3.67. The first-order valence-electron chi connectivity index (χ1n) is 10.9. The second kappa shape index (κ2) is 9.36. The molecule has 11 heteroatoms. The molecule has 1 saturated heterocycles. The molecule has 7 nitrogen and oxygen atoms in total. The number of halogens is 3. The minimum absolute atomic E-state index is 0.0675. The summed E-state index contributed by atoms with van der Waals surface area (Å²) in [6.07, 6.45) is -2.03. The number of ether oxygens (including phenoxy) is 1. The fraction of sp³-hybridized carbons (Fsp3) is 0.435. The Balaban J connectivity index is 1.75. The lowest BCUT2D eigenvalue weighted by atomic mass is 9.93. The van der Waals surface area contributed by atoms with E-state index in [1.807, 2.05) is 6.07 Å². The van der Waals surface area contributed by atoms with E-state index in [0.29, 0.717) is 41.4 Å². The number of pyridine rings is 1. The summed E-state index contributed by atoms with van der Waals surface area (Å²) in [4.78, 5) is 13.4. The van der Waals surface area contributed by atoms with Crippen LogP contribution in [0.5, 0.6) is 5.88 Å². The molecule has 1 aromatic carbocycles. The quantitative estimate of drug-likeness (QED) is 0.522. The van der Waals surface area contributed by atoms with Crippen LogP contribution in [0, 0.1) is 12.7 Å². The molecule has 0 amide bonds. The van der Waals surface area contributed by atoms with E-state index in [-0.39, 0.29) is 23.0 Å². The topological polar surface area (TPSA) is 94.1 Å². The average molecular weight is 495 g/mol. The van der Waals surface area contributed by atoms with Gasteiger partial charge < -0.3 is 10.1 Å². The van der Waals surface area contributed by atoms with Crippen LogP contribution in [0.2, 0.25) is 0 Å². The Hall–Kier alpha value is -2.95. The number of nitrogens with one attached hydrogen (secondary N) is 1. The van der Waals surface area contributed by atoms with Crippen LogP contribution in [0.3, 0.4) is 0 Å². The lowest BCUT2D eigenvalue weighted by Gasteiger charge is -2.24. The van der Waals surface area contributed by atoms with Gasteiger partial charge in [0.25, 0.3) is 6.43 Å². The van der Waals surface area contributed by atoms with Gasteiger partial charge in [0.05, 0.1) is 35.6 Å². The number of fused-ring (bicyclic) bond motifs is 1. The van der Waals surface area contributed by atoms with Crippen molar-refractivity contribution < 1.29 is 26.3 Å². The Morgan fingerprint density at radius 3 is 2.44 bits per heavy atom. The summed E-state index contributed by atoms with van der Waals surface area (Å²) in [7, 11) is -1.56. The fourth-order valence-corrected chi connectivity index (χ4v) is 5.78. The zero-order valence-corrected chi connectivity index (χ0v) is 19.8. The molecule has 182 valence electrons. The van der Waals surface area contributed by atoms with E-state index in [0.717, 1.165) is 11.6 Å². The first kappa shape index (κ1) is 24.2. The Morgan fingerprint density at radius 2 is 1.79 bits per heavy atom. The van der Waals surface area contributed by atoms with Crippen molar-refractivity contribution in [1.29, 1.82) is 0 Å². The molecule has 0 saturated carbocycles. The highest BCUT2D eigenvalue weighted by atomic mass is 32.2. The number of hydrogen-bond donors (Lipinski definition) is 1. The van der Waals surface area contributed by atoms with Crippen LogP contribution < -0.4 is 10.1 Å². The Kier molecular flexibility index (Phi) is 6.66. The summed E-state index contributed by atoms with van der Waals surface area (Å²) in [6.45, 7) is 3.34. The average Bonchev–Trinajstić information content (AvgIpc) is 2.78. The summed E-state index contributed by atoms with van der Waals surface area (Å²) in [5.41, 5.74) is 0.532. The van der Waals surface area contributed by atoms with Crippen molar-refractivity contribution >= 4 is 26.7 Å². The van der Waals surface area contributed by atoms with Crippen molar-refractivity contribution in [3.63, 3.8) is 0 Å². The molecule has 1 aliphatic heterocycles. The van der Waals surface area contributed by atoms with Gasteiger partial charge in [-0.2, -0.15) is 4.98 Å². The first-order chi connectivity index (χ1) is 16.1. The highest BCUT2D eigenvalue weighted by molar-refractivity contribution is 7.91. The number of hydrogen-bond acceptors (Lipinski definition) is 7. The highest BCUT2D eigenvalue weighted by Crippen LogP contribution is 2.37. The van der Waals surface area contributed by atoms with Gasteiger partial charge in [0, 0.05) is 11.1 Å². The molecule has 34 heavy (non-hydrogen) atoms. The second-order valence-electron chi connectivity index (χ2n) is 8.42. The smallest absolute Gasteiger partial charge is 0.266 e. The molecule has 3 aromatic rings. The standard InChI is InChI=1S/C23H25F3N4O3S/c1-12(15-5-4-6-16(19(15)24)20(25)26)27-21-18-11-17(14-7-9-34(31,32)10-8-14)23(33-3)30-22(18)29-13(2)28-21/h4-6,11-12,14,20H,7-10H2,1-3H3,(H,27,28,29,30). The maximum Gasteiger partial charge on any atom is 0.266 e. The summed E-state index contributed by atoms with van der Waals surface area (Å²) >= 11 is 0. The molecule has 0 radical (unpaired) electrons. The molecule has 3 heterocycles. The maximum absolute atomic E-state index is 14.7. The second-order valence-corrected chi connectivity index (χ2v) is 10.7. The predicted octanol–water partition coefficient (Wildman–Crippen LogP) is 4.88. The third kappa shape index (κ3) is 4.79. The van der Waals surface area contributed by atoms with E-state index in [9.17, 15) is 21.6 Å². The number of benzene rings is 1. The van der Waals surface area contributed by atoms with Gasteiger partial charge in [0.2, 0.25) is 5.88 Å². The van der Waals surface area contributed by atoms with Gasteiger partial charge in [-0.1, -0.05) is 18.2 Å². The predicted molar refractivity (Wildman–Crippen MR) is 123 cm³/mol. The molecule has 1 fully saturated rings. The van der Waals surface area contributed by atoms with Gasteiger partial charge in [-0.15, -0.1) is 0 Å². The molecular weight excluding hydrogens is 469 g/mol. The number of aryl methyl sites for hydroxylation is 1. The molecule has 4 rings (SSSR count). The van der Waals surface area contributed by atoms with E-state index >= 15 is 0 Å². The van der Waals surface area contributed by atoms with E-state index in [1.54, 1.807) is 13.8 Å². The van der Waals surface area contributed by atoms with E-state index in [4.69, 9.17) is 4.74 Å². The van der Waals surface area contributed by atoms with Crippen molar-refractivity contribution in [2.24, 2.45) is 0 Å². The van der Waals surface area contributed by atoms with Gasteiger partial charge in [0.15, 0.2) is 5.65 Å². The third-order valence-corrected chi connectivity index (χ3v) is 7.81. The molecule has 0 bridgehead atoms. The molecule has 2 aromatic heterocycles. The fourth-order valence-electron chi connectivity index (χ4n) is 4.28. The first-order valence-corrected chi connectivity index (χ1v) is 12.7. The van der Waals surface area contributed by atoms with E-state index in [1.165, 1.54) is 19.2 Å². The molecule has 1 atom stereocenters. The number of methoxy groups -OCH3 is 1. The molecular formula is C23H25F3N4O3S. The van der Waals surface area contributed by atoms with Gasteiger partial charge in [-0.3, -0.25) is 0 Å². The van der Waals surface area contributed by atoms with Crippen molar-refractivity contribution in [3.05, 3.63) is 52.6 Å². The lowest BCUT2D eigenvalue weighted by molar-refractivity contribution is 0.146. The van der Waals surface area contributed by atoms with Crippen LogP contribution in [0.1, 0.15) is 60.7 Å². The van der Waals surface area contributed by atoms with Crippen LogP contribution in [0.4, 0.5) is 19.0 Å². The Morgan fingerprint density at radius 1 is 1.12 bits per heavy atom. The number of rotatable bonds is 6. The van der Waals surface area contributed by atoms with Crippen LogP contribution in [-0.2, 0) is 9.84 Å². The lowest BCUT2D eigenvalue weighted by Crippen LogP contribution is -2.22. The van der Waals surface area contributed by atoms with Gasteiger partial charge in [-0.25, -0.2) is 31.6 Å². The van der Waals surface area contributed by atoms with E-state index < -0.39 is 33.7 Å². The Labute approximate surface area is 195 Å². The van der Waals surface area contributed by atoms with Crippen molar-refractivity contribution in [3.8, 4) is 5.88 Å². The number of sulfone groups is 1. The monoisotopic (exact) mass is 494 g/mol. The van der Waals surface area contributed by atoms with E-state index in [2.05, 4.69) is 20.3 Å². The zero-order chi connectivity index (χ0) is 24.6. The number of anilines is 1. The molecule has 0 spiro atoms. The van der Waals surface area contributed by atoms with Crippen LogP contribution in [0.15, 0.2) is 24.3 Å². The van der Waals surface area contributed by atoms with Crippen LogP contribution >= 0.6 is 0 Å². The minimum Gasteiger partial charge on any atom is -0.481 e. The van der Waals surface area contributed by atoms with Crippen molar-refractivity contribution in [2.45, 2.75) is 45.1 Å². The largest absolute Gasteiger partial charge is 0.481 e. The summed E-state index contributed by atoms with van der Waals surface area (Å²) < 4.78 is 70.3. The van der Waals surface area contributed by atoms with Crippen LogP contribution in [0.25, 0.3) is 11.0 Å². The van der Waals surface area contributed by atoms with Gasteiger partial charge >= 0.3 is 0 Å². The SMILES string of the molecule is COc1nc2nc(C)nc(NC(C)c3cccc(C(F)F)c3F)c2cc1C1CCS(=O)(=O)CC1. The van der Waals surface area contributed by atoms with Crippen molar-refractivity contribution in [2.75, 3.05) is 23.9 Å². The van der Waals surface area contributed by atoms with Gasteiger partial charge in [-0.05, 0) is 38.7 Å². The molecule has 1 aliphatic rings. The van der Waals surface area contributed by atoms with Crippen molar-refractivity contribution in [1.82, 2.24) is 15.0 Å². The van der Waals surface area contributed by atoms with Crippen LogP contribution in [-0.4, -0.2) is 42.0 Å². The number of alkyl halides is 2. The Bertz CT molecular complexity index is 1320. The zero-order valence-electron chi connectivity index (χ0n) is 19.0.